The quantitative estimate of drug-likeness (QED) is 0.776. The molecule has 1 saturated carbocycles. The van der Waals surface area contributed by atoms with E-state index in [1.165, 1.54) is 19.3 Å². The fourth-order valence-corrected chi connectivity index (χ4v) is 1.72. The van der Waals surface area contributed by atoms with Crippen molar-refractivity contribution in [3.05, 3.63) is 6.07 Å². The first kappa shape index (κ1) is 10.0. The first-order valence-corrected chi connectivity index (χ1v) is 5.26. The van der Waals surface area contributed by atoms with Gasteiger partial charge in [0.25, 0.3) is 0 Å². The first-order valence-electron chi connectivity index (χ1n) is 5.26. The predicted octanol–water partition coefficient (Wildman–Crippen LogP) is 1.09. The monoisotopic (exact) mass is 207 g/mol. The van der Waals surface area contributed by atoms with E-state index in [1.54, 1.807) is 0 Å². The fraction of sp³-hybridized carbons (Fsp3) is 0.600. The third-order valence-corrected chi connectivity index (χ3v) is 2.97. The van der Waals surface area contributed by atoms with Crippen molar-refractivity contribution in [2.45, 2.75) is 25.3 Å². The predicted molar refractivity (Wildman–Crippen MR) is 62.0 cm³/mol. The minimum atomic E-state index is 0.322. The zero-order valence-corrected chi connectivity index (χ0v) is 9.20. The fourth-order valence-electron chi connectivity index (χ4n) is 1.72. The van der Waals surface area contributed by atoms with Crippen LogP contribution in [0.15, 0.2) is 6.07 Å². The smallest absolute Gasteiger partial charge is 0.223 e. The summed E-state index contributed by atoms with van der Waals surface area (Å²) in [5.41, 5.74) is 5.64. The highest BCUT2D eigenvalue weighted by Gasteiger charge is 2.23. The van der Waals surface area contributed by atoms with Crippen LogP contribution in [-0.2, 0) is 0 Å². The highest BCUT2D eigenvalue weighted by atomic mass is 15.2. The summed E-state index contributed by atoms with van der Waals surface area (Å²) in [4.78, 5) is 10.5. The van der Waals surface area contributed by atoms with Gasteiger partial charge in [0.1, 0.15) is 11.6 Å². The third-order valence-electron chi connectivity index (χ3n) is 2.97. The lowest BCUT2D eigenvalue weighted by Gasteiger charge is -2.35. The van der Waals surface area contributed by atoms with Gasteiger partial charge in [-0.25, -0.2) is 0 Å². The summed E-state index contributed by atoms with van der Waals surface area (Å²) >= 11 is 0. The second-order valence-corrected chi connectivity index (χ2v) is 3.92. The molecule has 2 rings (SSSR count). The van der Waals surface area contributed by atoms with E-state index in [2.05, 4.69) is 27.2 Å². The van der Waals surface area contributed by atoms with Crippen LogP contribution in [0.5, 0.6) is 0 Å². The molecule has 0 aliphatic heterocycles. The van der Waals surface area contributed by atoms with Crippen LogP contribution >= 0.6 is 0 Å². The summed E-state index contributed by atoms with van der Waals surface area (Å²) in [6, 6.07) is 2.54. The molecule has 5 heteroatoms. The molecular formula is C10H17N5. The number of hydrogen-bond donors (Lipinski definition) is 2. The molecule has 0 aromatic carbocycles. The van der Waals surface area contributed by atoms with E-state index < -0.39 is 0 Å². The Kier molecular flexibility index (Phi) is 2.62. The maximum atomic E-state index is 5.64. The van der Waals surface area contributed by atoms with Gasteiger partial charge in [0.15, 0.2) is 0 Å². The second-order valence-electron chi connectivity index (χ2n) is 3.92. The van der Waals surface area contributed by atoms with E-state index in [9.17, 15) is 0 Å². The summed E-state index contributed by atoms with van der Waals surface area (Å²) in [7, 11) is 3.89. The van der Waals surface area contributed by atoms with E-state index in [0.717, 1.165) is 11.6 Å². The van der Waals surface area contributed by atoms with Crippen LogP contribution in [0.25, 0.3) is 0 Å². The Morgan fingerprint density at radius 1 is 1.47 bits per heavy atom. The van der Waals surface area contributed by atoms with Crippen molar-refractivity contribution < 1.29 is 0 Å². The molecule has 0 unspecified atom stereocenters. The molecule has 1 aliphatic rings. The highest BCUT2D eigenvalue weighted by molar-refractivity contribution is 5.52. The van der Waals surface area contributed by atoms with Gasteiger partial charge in [-0.2, -0.15) is 9.97 Å². The Hall–Kier alpha value is -1.52. The van der Waals surface area contributed by atoms with Gasteiger partial charge in [-0.05, 0) is 19.3 Å². The minimum Gasteiger partial charge on any atom is -0.373 e. The van der Waals surface area contributed by atoms with Crippen molar-refractivity contribution in [1.82, 2.24) is 9.97 Å². The van der Waals surface area contributed by atoms with Crippen LogP contribution in [0, 0.1) is 0 Å². The summed E-state index contributed by atoms with van der Waals surface area (Å²) in [6.07, 6.45) is 3.80. The molecule has 0 radical (unpaired) electrons. The van der Waals surface area contributed by atoms with E-state index in [0.29, 0.717) is 12.0 Å². The van der Waals surface area contributed by atoms with Crippen molar-refractivity contribution in [2.75, 3.05) is 30.0 Å². The number of nitrogens with two attached hydrogens (primary N) is 1. The Labute approximate surface area is 89.7 Å². The molecule has 1 fully saturated rings. The Balaban J connectivity index is 2.22. The standard InChI is InChI=1S/C10H17N5/c1-12-8-6-9(14-10(11)13-8)15(2)7-4-3-5-7/h6-7H,3-5H2,1-2H3,(H3,11,12,13,14). The Bertz CT molecular complexity index is 348. The number of hydrogen-bond acceptors (Lipinski definition) is 5. The van der Waals surface area contributed by atoms with Gasteiger partial charge >= 0.3 is 0 Å². The number of anilines is 3. The van der Waals surface area contributed by atoms with E-state index in [4.69, 9.17) is 5.73 Å². The van der Waals surface area contributed by atoms with Gasteiger partial charge in [-0.15, -0.1) is 0 Å². The second kappa shape index (κ2) is 3.92. The molecule has 0 saturated heterocycles. The van der Waals surface area contributed by atoms with Gasteiger partial charge in [-0.1, -0.05) is 0 Å². The number of nitrogen functional groups attached to an aromatic ring is 1. The number of nitrogens with one attached hydrogen (secondary N) is 1. The molecule has 0 amide bonds. The SMILES string of the molecule is CNc1cc(N(C)C2CCC2)nc(N)n1. The van der Waals surface area contributed by atoms with E-state index >= 15 is 0 Å². The molecular weight excluding hydrogens is 190 g/mol. The van der Waals surface area contributed by atoms with Gasteiger partial charge in [0, 0.05) is 26.2 Å². The summed E-state index contributed by atoms with van der Waals surface area (Å²) in [5.74, 6) is 1.99. The minimum absolute atomic E-state index is 0.322. The zero-order chi connectivity index (χ0) is 10.8. The molecule has 1 aromatic rings. The van der Waals surface area contributed by atoms with Crippen molar-refractivity contribution in [3.63, 3.8) is 0 Å². The van der Waals surface area contributed by atoms with Gasteiger partial charge in [0.2, 0.25) is 5.95 Å². The Morgan fingerprint density at radius 2 is 2.20 bits per heavy atom. The number of aromatic nitrogens is 2. The molecule has 3 N–H and O–H groups in total. The third kappa shape index (κ3) is 1.95. The summed E-state index contributed by atoms with van der Waals surface area (Å²) in [5, 5.41) is 2.98. The lowest BCUT2D eigenvalue weighted by Crippen LogP contribution is -2.37. The van der Waals surface area contributed by atoms with Gasteiger partial charge in [0.05, 0.1) is 0 Å². The molecule has 5 nitrogen and oxygen atoms in total. The van der Waals surface area contributed by atoms with E-state index in [1.807, 2.05) is 13.1 Å². The molecule has 0 bridgehead atoms. The molecule has 1 aromatic heterocycles. The average Bonchev–Trinajstić information content (AvgIpc) is 2.14. The Morgan fingerprint density at radius 3 is 2.73 bits per heavy atom. The summed E-state index contributed by atoms with van der Waals surface area (Å²) in [6.45, 7) is 0. The van der Waals surface area contributed by atoms with Crippen molar-refractivity contribution in [1.29, 1.82) is 0 Å². The lowest BCUT2D eigenvalue weighted by atomic mass is 9.92. The first-order chi connectivity index (χ1) is 7.20. The van der Waals surface area contributed by atoms with E-state index in [-0.39, 0.29) is 0 Å². The average molecular weight is 207 g/mol. The van der Waals surface area contributed by atoms with Crippen molar-refractivity contribution in [3.8, 4) is 0 Å². The number of rotatable bonds is 3. The van der Waals surface area contributed by atoms with Crippen LogP contribution in [0.3, 0.4) is 0 Å². The largest absolute Gasteiger partial charge is 0.373 e. The number of nitrogens with zero attached hydrogens (tertiary/aromatic N) is 3. The molecule has 15 heavy (non-hydrogen) atoms. The lowest BCUT2D eigenvalue weighted by molar-refractivity contribution is 0.399. The molecule has 1 aliphatic carbocycles. The molecule has 0 atom stereocenters. The van der Waals surface area contributed by atoms with Crippen LogP contribution in [0.2, 0.25) is 0 Å². The van der Waals surface area contributed by atoms with Crippen LogP contribution in [0.4, 0.5) is 17.6 Å². The molecule has 0 spiro atoms. The van der Waals surface area contributed by atoms with Gasteiger partial charge < -0.3 is 16.0 Å². The van der Waals surface area contributed by atoms with Crippen molar-refractivity contribution >= 4 is 17.6 Å². The van der Waals surface area contributed by atoms with Crippen molar-refractivity contribution in [2.24, 2.45) is 0 Å². The van der Waals surface area contributed by atoms with Crippen LogP contribution < -0.4 is 16.0 Å². The maximum Gasteiger partial charge on any atom is 0.223 e. The molecule has 1 heterocycles. The highest BCUT2D eigenvalue weighted by Crippen LogP contribution is 2.28. The molecule has 82 valence electrons. The van der Waals surface area contributed by atoms with Gasteiger partial charge in [-0.3, -0.25) is 0 Å². The topological polar surface area (TPSA) is 67.1 Å². The van der Waals surface area contributed by atoms with Crippen LogP contribution in [-0.4, -0.2) is 30.1 Å². The normalized spacial score (nSPS) is 15.9. The summed E-state index contributed by atoms with van der Waals surface area (Å²) < 4.78 is 0. The van der Waals surface area contributed by atoms with Crippen LogP contribution in [0.1, 0.15) is 19.3 Å². The zero-order valence-electron chi connectivity index (χ0n) is 9.20. The maximum absolute atomic E-state index is 5.64.